The molecule has 1 aliphatic carbocycles. The molecule has 1 fully saturated rings. The van der Waals surface area contributed by atoms with Crippen LogP contribution in [0.25, 0.3) is 0 Å². The van der Waals surface area contributed by atoms with Gasteiger partial charge in [-0.05, 0) is 30.9 Å². The second kappa shape index (κ2) is 3.58. The zero-order valence-corrected chi connectivity index (χ0v) is 8.53. The summed E-state index contributed by atoms with van der Waals surface area (Å²) in [6, 6.07) is 3.97. The lowest BCUT2D eigenvalue weighted by molar-refractivity contribution is 0.592. The Morgan fingerprint density at radius 1 is 1.50 bits per heavy atom. The van der Waals surface area contributed by atoms with Crippen molar-refractivity contribution in [2.24, 2.45) is 11.7 Å². The normalized spacial score (nSPS) is 18.1. The van der Waals surface area contributed by atoms with Crippen LogP contribution in [0.4, 0.5) is 5.82 Å². The van der Waals surface area contributed by atoms with E-state index in [1.54, 1.807) is 0 Å². The summed E-state index contributed by atoms with van der Waals surface area (Å²) in [5.74, 6) is 1.42. The van der Waals surface area contributed by atoms with Crippen LogP contribution in [0.15, 0.2) is 12.1 Å². The maximum absolute atomic E-state index is 6.11. The highest BCUT2D eigenvalue weighted by Crippen LogP contribution is 2.37. The van der Waals surface area contributed by atoms with Gasteiger partial charge in [-0.25, -0.2) is 4.98 Å². The van der Waals surface area contributed by atoms with Crippen LogP contribution in [0.2, 0.25) is 0 Å². The zero-order valence-electron chi connectivity index (χ0n) is 8.53. The first-order chi connectivity index (χ1) is 6.66. The number of pyridine rings is 1. The summed E-state index contributed by atoms with van der Waals surface area (Å²) in [6.07, 6.45) is 3.77. The minimum Gasteiger partial charge on any atom is -0.384 e. The van der Waals surface area contributed by atoms with Crippen LogP contribution in [0.1, 0.15) is 36.6 Å². The molecule has 0 bridgehead atoms. The fourth-order valence-corrected chi connectivity index (χ4v) is 1.82. The fourth-order valence-electron chi connectivity index (χ4n) is 1.82. The smallest absolute Gasteiger partial charge is 0.123 e. The van der Waals surface area contributed by atoms with E-state index >= 15 is 0 Å². The molecule has 1 aliphatic rings. The van der Waals surface area contributed by atoms with E-state index in [4.69, 9.17) is 11.5 Å². The molecule has 0 spiro atoms. The van der Waals surface area contributed by atoms with E-state index in [-0.39, 0.29) is 6.04 Å². The molecule has 3 heteroatoms. The van der Waals surface area contributed by atoms with Gasteiger partial charge in [-0.2, -0.15) is 0 Å². The molecular weight excluding hydrogens is 174 g/mol. The van der Waals surface area contributed by atoms with Crippen LogP contribution >= 0.6 is 0 Å². The maximum Gasteiger partial charge on any atom is 0.123 e. The van der Waals surface area contributed by atoms with Crippen molar-refractivity contribution in [2.45, 2.75) is 32.2 Å². The average Bonchev–Trinajstić information content (AvgIpc) is 2.87. The molecule has 4 N–H and O–H groups in total. The van der Waals surface area contributed by atoms with E-state index in [0.717, 1.165) is 23.6 Å². The second-order valence-corrected chi connectivity index (χ2v) is 4.20. The Balaban J connectivity index is 2.13. The Labute approximate surface area is 84.5 Å². The number of aryl methyl sites for hydroxylation is 1. The minimum atomic E-state index is 0.135. The Morgan fingerprint density at radius 3 is 2.79 bits per heavy atom. The van der Waals surface area contributed by atoms with E-state index in [1.165, 1.54) is 12.8 Å². The first-order valence-corrected chi connectivity index (χ1v) is 5.15. The molecule has 0 aromatic carbocycles. The number of aromatic nitrogens is 1. The van der Waals surface area contributed by atoms with E-state index in [2.05, 4.69) is 4.98 Å². The quantitative estimate of drug-likeness (QED) is 0.765. The molecule has 1 saturated carbocycles. The van der Waals surface area contributed by atoms with Gasteiger partial charge in [0.1, 0.15) is 5.82 Å². The topological polar surface area (TPSA) is 64.9 Å². The fraction of sp³-hybridized carbons (Fsp3) is 0.545. The van der Waals surface area contributed by atoms with Gasteiger partial charge in [0.15, 0.2) is 0 Å². The van der Waals surface area contributed by atoms with Crippen molar-refractivity contribution in [1.29, 1.82) is 0 Å². The summed E-state index contributed by atoms with van der Waals surface area (Å²) < 4.78 is 0. The molecule has 3 nitrogen and oxygen atoms in total. The van der Waals surface area contributed by atoms with Gasteiger partial charge in [-0.15, -0.1) is 0 Å². The number of hydrogen-bond acceptors (Lipinski definition) is 3. The van der Waals surface area contributed by atoms with Crippen LogP contribution in [-0.4, -0.2) is 4.98 Å². The predicted molar refractivity (Wildman–Crippen MR) is 57.7 cm³/mol. The molecule has 0 amide bonds. The standard InChI is InChI=1S/C11H17N3/c1-7-9(4-5-11(13)14-7)10(12)6-8-2-3-8/h4-5,8,10H,2-3,6,12H2,1H3,(H2,13,14)/t10-/m0/s1. The van der Waals surface area contributed by atoms with Gasteiger partial charge in [-0.3, -0.25) is 0 Å². The van der Waals surface area contributed by atoms with Gasteiger partial charge in [0.25, 0.3) is 0 Å². The summed E-state index contributed by atoms with van der Waals surface area (Å²) in [7, 11) is 0. The van der Waals surface area contributed by atoms with Crippen molar-refractivity contribution in [1.82, 2.24) is 4.98 Å². The van der Waals surface area contributed by atoms with Crippen molar-refractivity contribution in [3.8, 4) is 0 Å². The Morgan fingerprint density at radius 2 is 2.21 bits per heavy atom. The Hall–Kier alpha value is -1.09. The Kier molecular flexibility index (Phi) is 2.42. The lowest BCUT2D eigenvalue weighted by Crippen LogP contribution is -2.13. The summed E-state index contributed by atoms with van der Waals surface area (Å²) in [5.41, 5.74) is 13.8. The van der Waals surface area contributed by atoms with Gasteiger partial charge in [0.05, 0.1) is 0 Å². The molecule has 1 aromatic rings. The van der Waals surface area contributed by atoms with E-state index in [1.807, 2.05) is 19.1 Å². The van der Waals surface area contributed by atoms with Crippen molar-refractivity contribution < 1.29 is 0 Å². The molecule has 1 aromatic heterocycles. The first-order valence-electron chi connectivity index (χ1n) is 5.15. The van der Waals surface area contributed by atoms with Crippen LogP contribution in [0.5, 0.6) is 0 Å². The third-order valence-electron chi connectivity index (χ3n) is 2.83. The second-order valence-electron chi connectivity index (χ2n) is 4.20. The van der Waals surface area contributed by atoms with Crippen LogP contribution in [-0.2, 0) is 0 Å². The van der Waals surface area contributed by atoms with Gasteiger partial charge >= 0.3 is 0 Å². The van der Waals surface area contributed by atoms with Crippen molar-refractivity contribution >= 4 is 5.82 Å². The average molecular weight is 191 g/mol. The highest BCUT2D eigenvalue weighted by atomic mass is 14.8. The molecule has 0 radical (unpaired) electrons. The zero-order chi connectivity index (χ0) is 10.1. The third kappa shape index (κ3) is 2.04. The highest BCUT2D eigenvalue weighted by Gasteiger charge is 2.25. The number of nitrogen functional groups attached to an aromatic ring is 1. The largest absolute Gasteiger partial charge is 0.384 e. The summed E-state index contributed by atoms with van der Waals surface area (Å²) >= 11 is 0. The summed E-state index contributed by atoms with van der Waals surface area (Å²) in [5, 5.41) is 0. The molecular formula is C11H17N3. The molecule has 0 saturated heterocycles. The third-order valence-corrected chi connectivity index (χ3v) is 2.83. The van der Waals surface area contributed by atoms with Crippen molar-refractivity contribution in [3.63, 3.8) is 0 Å². The lowest BCUT2D eigenvalue weighted by Gasteiger charge is -2.13. The minimum absolute atomic E-state index is 0.135. The molecule has 2 rings (SSSR count). The highest BCUT2D eigenvalue weighted by molar-refractivity contribution is 5.35. The summed E-state index contributed by atoms with van der Waals surface area (Å²) in [4.78, 5) is 4.22. The molecule has 1 atom stereocenters. The number of hydrogen-bond donors (Lipinski definition) is 2. The number of rotatable bonds is 3. The Bertz CT molecular complexity index is 331. The summed E-state index contributed by atoms with van der Waals surface area (Å²) in [6.45, 7) is 1.97. The monoisotopic (exact) mass is 191 g/mol. The number of nitrogens with zero attached hydrogens (tertiary/aromatic N) is 1. The van der Waals surface area contributed by atoms with Crippen molar-refractivity contribution in [3.05, 3.63) is 23.4 Å². The lowest BCUT2D eigenvalue weighted by atomic mass is 10.0. The molecule has 0 unspecified atom stereocenters. The molecule has 1 heterocycles. The first kappa shape index (κ1) is 9.46. The number of nitrogens with two attached hydrogens (primary N) is 2. The van der Waals surface area contributed by atoms with E-state index in [0.29, 0.717) is 5.82 Å². The maximum atomic E-state index is 6.11. The predicted octanol–water partition coefficient (Wildman–Crippen LogP) is 1.77. The van der Waals surface area contributed by atoms with Gasteiger partial charge in [0, 0.05) is 11.7 Å². The van der Waals surface area contributed by atoms with Gasteiger partial charge in [-0.1, -0.05) is 18.9 Å². The molecule has 0 aliphatic heterocycles. The van der Waals surface area contributed by atoms with E-state index in [9.17, 15) is 0 Å². The van der Waals surface area contributed by atoms with Crippen LogP contribution < -0.4 is 11.5 Å². The van der Waals surface area contributed by atoms with Gasteiger partial charge in [0.2, 0.25) is 0 Å². The van der Waals surface area contributed by atoms with E-state index < -0.39 is 0 Å². The van der Waals surface area contributed by atoms with Crippen molar-refractivity contribution in [2.75, 3.05) is 5.73 Å². The number of anilines is 1. The SMILES string of the molecule is Cc1nc(N)ccc1[C@@H](N)CC1CC1. The van der Waals surface area contributed by atoms with Crippen LogP contribution in [0, 0.1) is 12.8 Å². The molecule has 76 valence electrons. The van der Waals surface area contributed by atoms with Crippen LogP contribution in [0.3, 0.4) is 0 Å². The van der Waals surface area contributed by atoms with Gasteiger partial charge < -0.3 is 11.5 Å². The molecule has 14 heavy (non-hydrogen) atoms.